The minimum Gasteiger partial charge on any atom is -0.497 e. The van der Waals surface area contributed by atoms with E-state index in [0.717, 1.165) is 4.90 Å². The number of halogens is 3. The molecule has 7 heteroatoms. The van der Waals surface area contributed by atoms with E-state index in [4.69, 9.17) is 4.74 Å². The van der Waals surface area contributed by atoms with Crippen LogP contribution < -0.4 is 4.74 Å². The first-order chi connectivity index (χ1) is 11.1. The summed E-state index contributed by atoms with van der Waals surface area (Å²) in [5.74, 6) is -1.24. The molecule has 1 unspecified atom stereocenters. The second-order valence-electron chi connectivity index (χ2n) is 6.07. The number of carbonyl (C=O) groups excluding carboxylic acids is 1. The van der Waals surface area contributed by atoms with E-state index in [1.165, 1.54) is 18.9 Å². The van der Waals surface area contributed by atoms with Gasteiger partial charge in [0.25, 0.3) is 0 Å². The molecule has 1 atom stereocenters. The molecule has 0 saturated carbocycles. The molecule has 0 spiro atoms. The molecular formula is C17H20F3NO2S. The van der Waals surface area contributed by atoms with Gasteiger partial charge < -0.3 is 4.74 Å². The van der Waals surface area contributed by atoms with E-state index in [1.54, 1.807) is 44.2 Å². The Bertz CT molecular complexity index is 638. The Hall–Kier alpha value is -1.63. The molecule has 0 radical (unpaired) electrons. The van der Waals surface area contributed by atoms with Gasteiger partial charge in [-0.1, -0.05) is 6.08 Å². The number of hydrogen-bond acceptors (Lipinski definition) is 3. The van der Waals surface area contributed by atoms with E-state index >= 15 is 0 Å². The van der Waals surface area contributed by atoms with Gasteiger partial charge >= 0.3 is 12.1 Å². The van der Waals surface area contributed by atoms with E-state index in [0.29, 0.717) is 17.7 Å². The molecule has 1 aliphatic heterocycles. The highest BCUT2D eigenvalue weighted by atomic mass is 32.2. The molecule has 2 rings (SSSR count). The normalized spacial score (nSPS) is 20.5. The van der Waals surface area contributed by atoms with Crippen LogP contribution in [0.15, 0.2) is 30.3 Å². The van der Waals surface area contributed by atoms with Gasteiger partial charge in [-0.3, -0.25) is 9.69 Å². The summed E-state index contributed by atoms with van der Waals surface area (Å²) >= 11 is 1.46. The number of amides is 1. The van der Waals surface area contributed by atoms with Crippen LogP contribution in [0, 0.1) is 0 Å². The molecular weight excluding hydrogens is 339 g/mol. The van der Waals surface area contributed by atoms with Crippen LogP contribution in [0.5, 0.6) is 5.75 Å². The maximum Gasteiger partial charge on any atom is 0.471 e. The lowest BCUT2D eigenvalue weighted by Gasteiger charge is -2.47. The molecule has 132 valence electrons. The fourth-order valence-electron chi connectivity index (χ4n) is 2.94. The number of hydrogen-bond donors (Lipinski definition) is 0. The van der Waals surface area contributed by atoms with Crippen LogP contribution in [-0.2, 0) is 4.79 Å². The van der Waals surface area contributed by atoms with Crippen molar-refractivity contribution in [2.75, 3.05) is 13.4 Å². The van der Waals surface area contributed by atoms with Gasteiger partial charge in [0.1, 0.15) is 5.75 Å². The zero-order valence-electron chi connectivity index (χ0n) is 14.0. The number of ether oxygens (including phenoxy) is 1. The zero-order valence-corrected chi connectivity index (χ0v) is 14.8. The summed E-state index contributed by atoms with van der Waals surface area (Å²) in [6.07, 6.45) is -0.785. The first kappa shape index (κ1) is 18.7. The van der Waals surface area contributed by atoms with E-state index in [1.807, 2.05) is 6.26 Å². The van der Waals surface area contributed by atoms with Crippen molar-refractivity contribution in [1.82, 2.24) is 4.90 Å². The molecule has 24 heavy (non-hydrogen) atoms. The third-order valence-corrected chi connectivity index (χ3v) is 5.58. The van der Waals surface area contributed by atoms with Crippen molar-refractivity contribution in [1.29, 1.82) is 0 Å². The van der Waals surface area contributed by atoms with Crippen LogP contribution in [0.3, 0.4) is 0 Å². The lowest BCUT2D eigenvalue weighted by molar-refractivity contribution is -0.186. The maximum atomic E-state index is 13.2. The summed E-state index contributed by atoms with van der Waals surface area (Å²) in [7, 11) is 1.51. The van der Waals surface area contributed by atoms with Crippen LogP contribution in [0.2, 0.25) is 0 Å². The van der Waals surface area contributed by atoms with Crippen molar-refractivity contribution >= 4 is 23.4 Å². The number of allylic oxidation sites excluding steroid dienone is 1. The SMILES string of the molecule is COc1ccc(C2=CCC(SC)C(C)(C)N2C(=O)C(F)(F)F)cc1. The van der Waals surface area contributed by atoms with Gasteiger partial charge in [0.15, 0.2) is 0 Å². The van der Waals surface area contributed by atoms with E-state index in [-0.39, 0.29) is 10.9 Å². The molecule has 0 fully saturated rings. The van der Waals surface area contributed by atoms with Gasteiger partial charge in [-0.15, -0.1) is 0 Å². The lowest BCUT2D eigenvalue weighted by atomic mass is 9.88. The first-order valence-corrected chi connectivity index (χ1v) is 8.70. The summed E-state index contributed by atoms with van der Waals surface area (Å²) in [6.45, 7) is 3.35. The number of benzene rings is 1. The van der Waals surface area contributed by atoms with Crippen LogP contribution in [0.4, 0.5) is 13.2 Å². The Kier molecular flexibility index (Phi) is 5.22. The average molecular weight is 359 g/mol. The van der Waals surface area contributed by atoms with E-state index in [2.05, 4.69) is 0 Å². The van der Waals surface area contributed by atoms with Crippen LogP contribution in [0.25, 0.3) is 5.70 Å². The van der Waals surface area contributed by atoms with Gasteiger partial charge in [-0.05, 0) is 56.4 Å². The topological polar surface area (TPSA) is 29.5 Å². The summed E-state index contributed by atoms with van der Waals surface area (Å²) < 4.78 is 44.6. The van der Waals surface area contributed by atoms with Crippen LogP contribution in [-0.4, -0.2) is 41.1 Å². The highest BCUT2D eigenvalue weighted by Crippen LogP contribution is 2.42. The highest BCUT2D eigenvalue weighted by molar-refractivity contribution is 7.99. The second kappa shape index (κ2) is 6.70. The van der Waals surface area contributed by atoms with Crippen molar-refractivity contribution in [2.45, 2.75) is 37.2 Å². The summed E-state index contributed by atoms with van der Waals surface area (Å²) in [5.41, 5.74) is -0.118. The Morgan fingerprint density at radius 2 is 1.88 bits per heavy atom. The molecule has 1 heterocycles. The standard InChI is InChI=1S/C17H20F3NO2S/c1-16(2)14(24-4)10-9-13(21(16)15(22)17(18,19)20)11-5-7-12(23-3)8-6-11/h5-9,14H,10H2,1-4H3. The monoisotopic (exact) mass is 359 g/mol. The van der Waals surface area contributed by atoms with Crippen LogP contribution >= 0.6 is 11.8 Å². The number of methoxy groups -OCH3 is 1. The quantitative estimate of drug-likeness (QED) is 0.804. The minimum atomic E-state index is -4.93. The summed E-state index contributed by atoms with van der Waals surface area (Å²) in [5, 5.41) is -0.120. The largest absolute Gasteiger partial charge is 0.497 e. The maximum absolute atomic E-state index is 13.2. The Morgan fingerprint density at radius 1 is 1.29 bits per heavy atom. The number of rotatable bonds is 3. The van der Waals surface area contributed by atoms with E-state index < -0.39 is 17.6 Å². The van der Waals surface area contributed by atoms with Crippen molar-refractivity contribution in [3.8, 4) is 5.75 Å². The van der Waals surface area contributed by atoms with Gasteiger partial charge in [-0.2, -0.15) is 24.9 Å². The number of nitrogens with zero attached hydrogens (tertiary/aromatic N) is 1. The van der Waals surface area contributed by atoms with Crippen LogP contribution in [0.1, 0.15) is 25.8 Å². The second-order valence-corrected chi connectivity index (χ2v) is 7.11. The summed E-state index contributed by atoms with van der Waals surface area (Å²) in [4.78, 5) is 13.0. The van der Waals surface area contributed by atoms with Gasteiger partial charge in [0, 0.05) is 10.9 Å². The predicted molar refractivity (Wildman–Crippen MR) is 89.9 cm³/mol. The minimum absolute atomic E-state index is 0.120. The average Bonchev–Trinajstić information content (AvgIpc) is 2.52. The lowest BCUT2D eigenvalue weighted by Crippen LogP contribution is -2.57. The Morgan fingerprint density at radius 3 is 2.33 bits per heavy atom. The summed E-state index contributed by atoms with van der Waals surface area (Å²) in [6, 6.07) is 6.66. The fourth-order valence-corrected chi connectivity index (χ4v) is 3.91. The molecule has 0 bridgehead atoms. The predicted octanol–water partition coefficient (Wildman–Crippen LogP) is 4.34. The van der Waals surface area contributed by atoms with Crippen molar-refractivity contribution in [2.24, 2.45) is 0 Å². The third-order valence-electron chi connectivity index (χ3n) is 4.25. The molecule has 0 aliphatic carbocycles. The third kappa shape index (κ3) is 3.41. The molecule has 3 nitrogen and oxygen atoms in total. The fraction of sp³-hybridized carbons (Fsp3) is 0.471. The number of alkyl halides is 3. The molecule has 1 aromatic carbocycles. The number of carbonyl (C=O) groups is 1. The molecule has 1 aliphatic rings. The highest BCUT2D eigenvalue weighted by Gasteiger charge is 2.51. The molecule has 0 saturated heterocycles. The molecule has 1 aromatic rings. The van der Waals surface area contributed by atoms with Crippen molar-refractivity contribution < 1.29 is 22.7 Å². The Balaban J connectivity index is 2.53. The van der Waals surface area contributed by atoms with Gasteiger partial charge in [-0.25, -0.2) is 0 Å². The van der Waals surface area contributed by atoms with Crippen molar-refractivity contribution in [3.05, 3.63) is 35.9 Å². The number of thioether (sulfide) groups is 1. The van der Waals surface area contributed by atoms with Crippen molar-refractivity contribution in [3.63, 3.8) is 0 Å². The molecule has 0 aromatic heterocycles. The Labute approximate surface area is 143 Å². The first-order valence-electron chi connectivity index (χ1n) is 7.41. The van der Waals surface area contributed by atoms with Gasteiger partial charge in [0.2, 0.25) is 0 Å². The smallest absolute Gasteiger partial charge is 0.471 e. The molecule has 0 N–H and O–H groups in total. The zero-order chi connectivity index (χ0) is 18.1. The van der Waals surface area contributed by atoms with E-state index in [9.17, 15) is 18.0 Å². The molecule has 1 amide bonds. The van der Waals surface area contributed by atoms with Gasteiger partial charge in [0.05, 0.1) is 12.6 Å².